The predicted molar refractivity (Wildman–Crippen MR) is 123 cm³/mol. The van der Waals surface area contributed by atoms with E-state index in [9.17, 15) is 13.2 Å². The molecule has 3 rings (SSSR count). The summed E-state index contributed by atoms with van der Waals surface area (Å²) in [6, 6.07) is 17.0. The van der Waals surface area contributed by atoms with Crippen LogP contribution < -0.4 is 14.3 Å². The number of esters is 1. The van der Waals surface area contributed by atoms with Crippen LogP contribution in [0.25, 0.3) is 0 Å². The Morgan fingerprint density at radius 2 is 1.78 bits per heavy atom. The van der Waals surface area contributed by atoms with Crippen molar-refractivity contribution in [1.29, 1.82) is 0 Å². The fourth-order valence-corrected chi connectivity index (χ4v) is 3.89. The lowest BCUT2D eigenvalue weighted by molar-refractivity contribution is 0.0728. The van der Waals surface area contributed by atoms with Gasteiger partial charge in [0.15, 0.2) is 11.5 Å². The second-order valence-corrected chi connectivity index (χ2v) is 8.82. The first-order valence-corrected chi connectivity index (χ1v) is 11.6. The molecular weight excluding hydrogens is 475 g/mol. The Bertz CT molecular complexity index is 1250. The summed E-state index contributed by atoms with van der Waals surface area (Å²) < 4.78 is 35.4. The number of carbonyl (C=O) groups is 1. The predicted octanol–water partition coefficient (Wildman–Crippen LogP) is 4.92. The highest BCUT2D eigenvalue weighted by molar-refractivity contribution is 7.89. The molecular formula is C22H18Cl2N2O5S. The van der Waals surface area contributed by atoms with Crippen LogP contribution in [0.15, 0.2) is 76.7 Å². The molecule has 0 fully saturated rings. The van der Waals surface area contributed by atoms with E-state index in [2.05, 4.69) is 9.93 Å². The van der Waals surface area contributed by atoms with Crippen molar-refractivity contribution in [2.24, 2.45) is 5.10 Å². The number of benzene rings is 3. The fraction of sp³-hybridized carbons (Fsp3) is 0.0909. The molecule has 3 aromatic rings. The molecule has 166 valence electrons. The molecule has 32 heavy (non-hydrogen) atoms. The van der Waals surface area contributed by atoms with Gasteiger partial charge in [-0.3, -0.25) is 0 Å². The molecule has 0 saturated carbocycles. The largest absolute Gasteiger partial charge is 0.490 e. The molecule has 0 unspecified atom stereocenters. The molecule has 3 aromatic carbocycles. The summed E-state index contributed by atoms with van der Waals surface area (Å²) in [4.78, 5) is 14.7. The Morgan fingerprint density at radius 1 is 1.03 bits per heavy atom. The Balaban J connectivity index is 1.77. The van der Waals surface area contributed by atoms with Crippen LogP contribution in [0.4, 0.5) is 0 Å². The van der Waals surface area contributed by atoms with Gasteiger partial charge in [0.2, 0.25) is 0 Å². The van der Waals surface area contributed by atoms with Gasteiger partial charge in [-0.25, -0.2) is 9.63 Å². The van der Waals surface area contributed by atoms with Gasteiger partial charge in [0.1, 0.15) is 0 Å². The lowest BCUT2D eigenvalue weighted by atomic mass is 10.2. The zero-order valence-electron chi connectivity index (χ0n) is 16.8. The zero-order valence-corrected chi connectivity index (χ0v) is 19.1. The van der Waals surface area contributed by atoms with E-state index >= 15 is 0 Å². The average Bonchev–Trinajstić information content (AvgIpc) is 2.76. The van der Waals surface area contributed by atoms with Crippen LogP contribution in [0.5, 0.6) is 11.5 Å². The summed E-state index contributed by atoms with van der Waals surface area (Å²) in [5.74, 6) is -0.227. The topological polar surface area (TPSA) is 94.1 Å². The first-order chi connectivity index (χ1) is 15.3. The van der Waals surface area contributed by atoms with Crippen molar-refractivity contribution < 1.29 is 22.7 Å². The molecule has 7 nitrogen and oxygen atoms in total. The van der Waals surface area contributed by atoms with Crippen molar-refractivity contribution in [2.45, 2.75) is 11.8 Å². The third-order valence-corrected chi connectivity index (χ3v) is 5.85. The van der Waals surface area contributed by atoms with Gasteiger partial charge in [-0.15, -0.1) is 0 Å². The SMILES string of the molecule is CCOc1cc(/C=N/NS(=O)(=O)c2ccccc2)ccc1OC(=O)c1ccc(Cl)cc1Cl. The summed E-state index contributed by atoms with van der Waals surface area (Å²) in [6.45, 7) is 2.09. The number of hydrazone groups is 1. The van der Waals surface area contributed by atoms with Gasteiger partial charge in [0.25, 0.3) is 10.0 Å². The standard InChI is InChI=1S/C22H18Cl2N2O5S/c1-2-30-21-12-15(14-25-26-32(28,29)17-6-4-3-5-7-17)8-11-20(21)31-22(27)18-10-9-16(23)13-19(18)24/h3-14,26H,2H2,1H3/b25-14+. The third kappa shape index (κ3) is 6.00. The summed E-state index contributed by atoms with van der Waals surface area (Å²) in [7, 11) is -3.78. The molecule has 0 atom stereocenters. The van der Waals surface area contributed by atoms with Crippen molar-refractivity contribution in [1.82, 2.24) is 4.83 Å². The highest BCUT2D eigenvalue weighted by Crippen LogP contribution is 2.30. The normalized spacial score (nSPS) is 11.3. The Labute approximate surface area is 195 Å². The number of ether oxygens (including phenoxy) is 2. The van der Waals surface area contributed by atoms with Gasteiger partial charge >= 0.3 is 5.97 Å². The van der Waals surface area contributed by atoms with Gasteiger partial charge in [0, 0.05) is 5.02 Å². The van der Waals surface area contributed by atoms with Gasteiger partial charge < -0.3 is 9.47 Å². The van der Waals surface area contributed by atoms with E-state index in [1.54, 1.807) is 37.3 Å². The summed E-state index contributed by atoms with van der Waals surface area (Å²) in [5, 5.41) is 4.35. The molecule has 0 spiro atoms. The lowest BCUT2D eigenvalue weighted by Gasteiger charge is -2.12. The summed E-state index contributed by atoms with van der Waals surface area (Å²) >= 11 is 11.9. The molecule has 0 heterocycles. The minimum absolute atomic E-state index is 0.0928. The summed E-state index contributed by atoms with van der Waals surface area (Å²) in [5.41, 5.74) is 0.674. The van der Waals surface area contributed by atoms with E-state index in [0.29, 0.717) is 17.2 Å². The first kappa shape index (κ1) is 23.6. The number of nitrogens with zero attached hydrogens (tertiary/aromatic N) is 1. The Kier molecular flexibility index (Phi) is 7.74. The molecule has 1 N–H and O–H groups in total. The van der Waals surface area contributed by atoms with Gasteiger partial charge in [-0.2, -0.15) is 13.5 Å². The van der Waals surface area contributed by atoms with Crippen molar-refractivity contribution in [3.05, 3.63) is 87.9 Å². The summed E-state index contributed by atoms with van der Waals surface area (Å²) in [6.07, 6.45) is 1.31. The molecule has 0 aromatic heterocycles. The molecule has 0 saturated heterocycles. The van der Waals surface area contributed by atoms with Crippen LogP contribution in [-0.2, 0) is 10.0 Å². The van der Waals surface area contributed by atoms with Gasteiger partial charge in [-0.05, 0) is 61.0 Å². The van der Waals surface area contributed by atoms with E-state index in [-0.39, 0.29) is 27.0 Å². The highest BCUT2D eigenvalue weighted by Gasteiger charge is 2.16. The smallest absolute Gasteiger partial charge is 0.345 e. The molecule has 0 amide bonds. The minimum Gasteiger partial charge on any atom is -0.490 e. The molecule has 0 aliphatic rings. The second kappa shape index (κ2) is 10.5. The molecule has 0 aliphatic heterocycles. The third-order valence-electron chi connectivity index (χ3n) is 4.06. The maximum atomic E-state index is 12.5. The average molecular weight is 493 g/mol. The van der Waals surface area contributed by atoms with E-state index in [4.69, 9.17) is 32.7 Å². The highest BCUT2D eigenvalue weighted by atomic mass is 35.5. The van der Waals surface area contributed by atoms with E-state index in [1.165, 1.54) is 42.6 Å². The van der Waals surface area contributed by atoms with Crippen LogP contribution in [0.3, 0.4) is 0 Å². The first-order valence-electron chi connectivity index (χ1n) is 9.34. The van der Waals surface area contributed by atoms with Crippen LogP contribution in [0.1, 0.15) is 22.8 Å². The maximum Gasteiger partial charge on any atom is 0.345 e. The number of hydrogen-bond donors (Lipinski definition) is 1. The Hall–Kier alpha value is -3.07. The van der Waals surface area contributed by atoms with E-state index < -0.39 is 16.0 Å². The number of rotatable bonds is 8. The zero-order chi connectivity index (χ0) is 23.1. The second-order valence-electron chi connectivity index (χ2n) is 6.32. The fourth-order valence-electron chi connectivity index (χ4n) is 2.59. The molecule has 0 aliphatic carbocycles. The van der Waals surface area contributed by atoms with E-state index in [1.807, 2.05) is 0 Å². The number of nitrogens with one attached hydrogen (secondary N) is 1. The van der Waals surface area contributed by atoms with Crippen molar-refractivity contribution in [2.75, 3.05) is 6.61 Å². The number of carbonyl (C=O) groups excluding carboxylic acids is 1. The molecule has 0 bridgehead atoms. The monoisotopic (exact) mass is 492 g/mol. The minimum atomic E-state index is -3.78. The quantitative estimate of drug-likeness (QED) is 0.208. The van der Waals surface area contributed by atoms with Crippen LogP contribution in [0, 0.1) is 0 Å². The number of sulfonamides is 1. The lowest BCUT2D eigenvalue weighted by Crippen LogP contribution is -2.18. The maximum absolute atomic E-state index is 12.5. The van der Waals surface area contributed by atoms with Gasteiger partial charge in [-0.1, -0.05) is 41.4 Å². The Morgan fingerprint density at radius 3 is 2.47 bits per heavy atom. The van der Waals surface area contributed by atoms with Crippen molar-refractivity contribution in [3.63, 3.8) is 0 Å². The number of hydrogen-bond acceptors (Lipinski definition) is 6. The molecule has 0 radical (unpaired) electrons. The van der Waals surface area contributed by atoms with Gasteiger partial charge in [0.05, 0.1) is 28.3 Å². The van der Waals surface area contributed by atoms with Crippen LogP contribution >= 0.6 is 23.2 Å². The van der Waals surface area contributed by atoms with E-state index in [0.717, 1.165) is 0 Å². The molecule has 10 heteroatoms. The van der Waals surface area contributed by atoms with Crippen LogP contribution in [0.2, 0.25) is 10.0 Å². The number of halogens is 2. The van der Waals surface area contributed by atoms with Crippen LogP contribution in [-0.4, -0.2) is 27.2 Å². The van der Waals surface area contributed by atoms with Crippen molar-refractivity contribution >= 4 is 45.4 Å². The van der Waals surface area contributed by atoms with Crippen molar-refractivity contribution in [3.8, 4) is 11.5 Å².